The average molecular weight is 337 g/mol. The molecule has 1 aromatic heterocycles. The van der Waals surface area contributed by atoms with Gasteiger partial charge in [0.2, 0.25) is 5.91 Å². The van der Waals surface area contributed by atoms with Crippen LogP contribution in [0.2, 0.25) is 0 Å². The molecule has 5 heteroatoms. The Kier molecular flexibility index (Phi) is 5.39. The van der Waals surface area contributed by atoms with E-state index in [1.807, 2.05) is 16.2 Å². The van der Waals surface area contributed by atoms with Gasteiger partial charge in [0.15, 0.2) is 0 Å². The number of nitrogens with zero attached hydrogens (tertiary/aromatic N) is 2. The topological polar surface area (TPSA) is 43.8 Å². The van der Waals surface area contributed by atoms with Gasteiger partial charge in [0, 0.05) is 54.4 Å². The number of piperidine rings is 2. The predicted octanol–water partition coefficient (Wildman–Crippen LogP) is 2.64. The van der Waals surface area contributed by atoms with Crippen LogP contribution in [-0.4, -0.2) is 53.6 Å². The van der Waals surface area contributed by atoms with Crippen LogP contribution < -0.4 is 0 Å². The second kappa shape index (κ2) is 7.32. The van der Waals surface area contributed by atoms with E-state index < -0.39 is 0 Å². The van der Waals surface area contributed by atoms with Crippen molar-refractivity contribution in [2.45, 2.75) is 45.6 Å². The summed E-state index contributed by atoms with van der Waals surface area (Å²) in [7, 11) is 0. The molecule has 1 N–H and O–H groups in total. The van der Waals surface area contributed by atoms with Gasteiger partial charge in [0.05, 0.1) is 0 Å². The first kappa shape index (κ1) is 16.9. The molecule has 3 rings (SSSR count). The smallest absolute Gasteiger partial charge is 0.222 e. The van der Waals surface area contributed by atoms with Crippen molar-refractivity contribution in [3.05, 3.63) is 21.9 Å². The fraction of sp³-hybridized carbons (Fsp3) is 0.722. The van der Waals surface area contributed by atoms with Crippen LogP contribution in [0.3, 0.4) is 0 Å². The maximum Gasteiger partial charge on any atom is 0.222 e. The molecule has 128 valence electrons. The van der Waals surface area contributed by atoms with E-state index in [9.17, 15) is 4.79 Å². The fourth-order valence-corrected chi connectivity index (χ4v) is 5.07. The van der Waals surface area contributed by atoms with Crippen molar-refractivity contribution < 1.29 is 9.90 Å². The van der Waals surface area contributed by atoms with Crippen molar-refractivity contribution in [2.24, 2.45) is 5.41 Å². The van der Waals surface area contributed by atoms with Crippen molar-refractivity contribution in [1.82, 2.24) is 9.80 Å². The lowest BCUT2D eigenvalue weighted by molar-refractivity contribution is -0.139. The minimum atomic E-state index is 0.167. The third kappa shape index (κ3) is 4.14. The zero-order valence-electron chi connectivity index (χ0n) is 14.1. The molecule has 2 fully saturated rings. The number of likely N-dealkylation sites (tertiary alicyclic amines) is 2. The fourth-order valence-electron chi connectivity index (χ4n) is 4.14. The van der Waals surface area contributed by atoms with Gasteiger partial charge in [-0.05, 0) is 51.3 Å². The lowest BCUT2D eigenvalue weighted by atomic mass is 9.73. The SMILES string of the molecule is Cc1ccc(CN2CCC[C@@]3(CCC(=O)N(CCCO)C3)C2)s1. The predicted molar refractivity (Wildman–Crippen MR) is 93.5 cm³/mol. The molecule has 1 amide bonds. The molecule has 1 spiro atoms. The number of amides is 1. The highest BCUT2D eigenvalue weighted by Crippen LogP contribution is 2.39. The van der Waals surface area contributed by atoms with E-state index in [0.29, 0.717) is 19.4 Å². The van der Waals surface area contributed by atoms with E-state index in [-0.39, 0.29) is 17.9 Å². The molecule has 4 nitrogen and oxygen atoms in total. The van der Waals surface area contributed by atoms with Crippen molar-refractivity contribution in [3.8, 4) is 0 Å². The summed E-state index contributed by atoms with van der Waals surface area (Å²) in [6.45, 7) is 7.24. The number of hydrogen-bond donors (Lipinski definition) is 1. The summed E-state index contributed by atoms with van der Waals surface area (Å²) in [5, 5.41) is 9.05. The minimum Gasteiger partial charge on any atom is -0.396 e. The zero-order chi connectivity index (χ0) is 16.3. The summed E-state index contributed by atoms with van der Waals surface area (Å²) in [5.41, 5.74) is 0.272. The largest absolute Gasteiger partial charge is 0.396 e. The first-order chi connectivity index (χ1) is 11.1. The van der Waals surface area contributed by atoms with Crippen LogP contribution in [0.1, 0.15) is 41.9 Å². The molecule has 0 aromatic carbocycles. The summed E-state index contributed by atoms with van der Waals surface area (Å²) in [5.74, 6) is 0.273. The number of rotatable bonds is 5. The van der Waals surface area contributed by atoms with Gasteiger partial charge >= 0.3 is 0 Å². The van der Waals surface area contributed by atoms with Gasteiger partial charge in [-0.2, -0.15) is 0 Å². The highest BCUT2D eigenvalue weighted by Gasteiger charge is 2.41. The van der Waals surface area contributed by atoms with Crippen LogP contribution in [0.4, 0.5) is 0 Å². The molecule has 0 bridgehead atoms. The van der Waals surface area contributed by atoms with Crippen LogP contribution in [0, 0.1) is 12.3 Å². The van der Waals surface area contributed by atoms with E-state index in [1.165, 1.54) is 29.1 Å². The van der Waals surface area contributed by atoms with Gasteiger partial charge in [-0.15, -0.1) is 11.3 Å². The highest BCUT2D eigenvalue weighted by molar-refractivity contribution is 7.11. The van der Waals surface area contributed by atoms with E-state index in [0.717, 1.165) is 26.1 Å². The highest BCUT2D eigenvalue weighted by atomic mass is 32.1. The van der Waals surface area contributed by atoms with E-state index in [4.69, 9.17) is 5.11 Å². The first-order valence-electron chi connectivity index (χ1n) is 8.77. The standard InChI is InChI=1S/C18H28N2O2S/c1-15-4-5-16(23-15)12-19-9-2-7-18(13-19)8-6-17(22)20(14-18)10-3-11-21/h4-5,21H,2-3,6-14H2,1H3/t18-/m1/s1. The summed E-state index contributed by atoms with van der Waals surface area (Å²) < 4.78 is 0. The molecule has 0 radical (unpaired) electrons. The Labute approximate surface area is 143 Å². The van der Waals surface area contributed by atoms with E-state index >= 15 is 0 Å². The Bertz CT molecular complexity index is 545. The van der Waals surface area contributed by atoms with E-state index in [2.05, 4.69) is 24.0 Å². The van der Waals surface area contributed by atoms with E-state index in [1.54, 1.807) is 0 Å². The molecule has 1 atom stereocenters. The molecule has 0 unspecified atom stereocenters. The van der Waals surface area contributed by atoms with Crippen molar-refractivity contribution in [1.29, 1.82) is 0 Å². The molecule has 2 aliphatic heterocycles. The maximum atomic E-state index is 12.1. The lowest BCUT2D eigenvalue weighted by Gasteiger charge is -2.48. The molecular formula is C18H28N2O2S. The van der Waals surface area contributed by atoms with Gasteiger partial charge in [-0.3, -0.25) is 9.69 Å². The quantitative estimate of drug-likeness (QED) is 0.899. The Hall–Kier alpha value is -0.910. The number of aryl methyl sites for hydroxylation is 1. The number of carbonyl (C=O) groups excluding carboxylic acids is 1. The summed E-state index contributed by atoms with van der Waals surface area (Å²) in [6, 6.07) is 4.45. The Balaban J connectivity index is 1.63. The normalized spacial score (nSPS) is 26.2. The maximum absolute atomic E-state index is 12.1. The van der Waals surface area contributed by atoms with Gasteiger partial charge in [0.1, 0.15) is 0 Å². The van der Waals surface area contributed by atoms with Crippen molar-refractivity contribution >= 4 is 17.2 Å². The molecule has 2 saturated heterocycles. The number of aliphatic hydroxyl groups is 1. The molecule has 3 heterocycles. The molecule has 0 saturated carbocycles. The second-order valence-corrected chi connectivity index (χ2v) is 8.59. The van der Waals surface area contributed by atoms with Gasteiger partial charge in [0.25, 0.3) is 0 Å². The Morgan fingerprint density at radius 2 is 2.17 bits per heavy atom. The number of carbonyl (C=O) groups is 1. The number of hydrogen-bond acceptors (Lipinski definition) is 4. The van der Waals surface area contributed by atoms with Crippen LogP contribution in [0.15, 0.2) is 12.1 Å². The Morgan fingerprint density at radius 1 is 1.30 bits per heavy atom. The van der Waals surface area contributed by atoms with Gasteiger partial charge in [-0.25, -0.2) is 0 Å². The summed E-state index contributed by atoms with van der Waals surface area (Å²) in [4.78, 5) is 19.5. The zero-order valence-corrected chi connectivity index (χ0v) is 14.9. The third-order valence-electron chi connectivity index (χ3n) is 5.25. The van der Waals surface area contributed by atoms with Crippen LogP contribution >= 0.6 is 11.3 Å². The summed E-state index contributed by atoms with van der Waals surface area (Å²) in [6.07, 6.45) is 4.86. The monoisotopic (exact) mass is 336 g/mol. The van der Waals surface area contributed by atoms with Gasteiger partial charge < -0.3 is 10.0 Å². The minimum absolute atomic E-state index is 0.167. The van der Waals surface area contributed by atoms with Crippen LogP contribution in [0.25, 0.3) is 0 Å². The van der Waals surface area contributed by atoms with Crippen molar-refractivity contribution in [3.63, 3.8) is 0 Å². The van der Waals surface area contributed by atoms with Crippen molar-refractivity contribution in [2.75, 3.05) is 32.8 Å². The molecule has 2 aliphatic rings. The second-order valence-electron chi connectivity index (χ2n) is 7.22. The van der Waals surface area contributed by atoms with Gasteiger partial charge in [-0.1, -0.05) is 0 Å². The number of thiophene rings is 1. The molecule has 0 aliphatic carbocycles. The average Bonchev–Trinajstić information content (AvgIpc) is 2.94. The van der Waals surface area contributed by atoms with Crippen LogP contribution in [-0.2, 0) is 11.3 Å². The molecule has 23 heavy (non-hydrogen) atoms. The molecule has 1 aromatic rings. The van der Waals surface area contributed by atoms with Crippen LogP contribution in [0.5, 0.6) is 0 Å². The number of aliphatic hydroxyl groups excluding tert-OH is 1. The molecular weight excluding hydrogens is 308 g/mol. The third-order valence-corrected chi connectivity index (χ3v) is 6.24. The summed E-state index contributed by atoms with van der Waals surface area (Å²) >= 11 is 1.89. The first-order valence-corrected chi connectivity index (χ1v) is 9.58. The lowest BCUT2D eigenvalue weighted by Crippen LogP contribution is -2.54. The Morgan fingerprint density at radius 3 is 2.91 bits per heavy atom.